The molecule has 0 radical (unpaired) electrons. The van der Waals surface area contributed by atoms with Crippen molar-refractivity contribution in [3.63, 3.8) is 0 Å². The van der Waals surface area contributed by atoms with Crippen molar-refractivity contribution in [2.75, 3.05) is 20.7 Å². The minimum atomic E-state index is -0.423. The summed E-state index contributed by atoms with van der Waals surface area (Å²) in [4.78, 5) is 13.9. The van der Waals surface area contributed by atoms with Crippen molar-refractivity contribution in [2.24, 2.45) is 0 Å². The van der Waals surface area contributed by atoms with Crippen molar-refractivity contribution in [1.29, 1.82) is 0 Å². The second-order valence-electron chi connectivity index (χ2n) is 4.86. The molecule has 1 aromatic carbocycles. The smallest absolute Gasteiger partial charge is 0.239 e. The fourth-order valence-corrected chi connectivity index (χ4v) is 2.34. The number of nitrogens with zero attached hydrogens (tertiary/aromatic N) is 1. The molecule has 2 N–H and O–H groups in total. The monoisotopic (exact) mass is 264 g/mol. The summed E-state index contributed by atoms with van der Waals surface area (Å²) in [6.45, 7) is 0.982. The predicted octanol–water partition coefficient (Wildman–Crippen LogP) is 0.376. The Balaban J connectivity index is 2.00. The van der Waals surface area contributed by atoms with Gasteiger partial charge in [-0.1, -0.05) is 18.2 Å². The van der Waals surface area contributed by atoms with Crippen LogP contribution in [0.5, 0.6) is 5.75 Å². The molecule has 2 atom stereocenters. The number of para-hydroxylation sites is 1. The third-order valence-electron chi connectivity index (χ3n) is 3.38. The first-order valence-electron chi connectivity index (χ1n) is 6.40. The molecule has 1 fully saturated rings. The van der Waals surface area contributed by atoms with E-state index < -0.39 is 6.10 Å². The van der Waals surface area contributed by atoms with E-state index in [1.54, 1.807) is 19.1 Å². The highest BCUT2D eigenvalue weighted by Gasteiger charge is 2.30. The number of nitrogens with one attached hydrogen (secondary N) is 1. The van der Waals surface area contributed by atoms with E-state index in [0.717, 1.165) is 11.3 Å². The summed E-state index contributed by atoms with van der Waals surface area (Å²) in [5, 5.41) is 12.5. The molecule has 1 saturated heterocycles. The molecule has 0 spiro atoms. The minimum Gasteiger partial charge on any atom is -0.496 e. The van der Waals surface area contributed by atoms with E-state index in [4.69, 9.17) is 4.74 Å². The van der Waals surface area contributed by atoms with E-state index in [-0.39, 0.29) is 11.9 Å². The van der Waals surface area contributed by atoms with Gasteiger partial charge in [0.1, 0.15) is 5.75 Å². The normalized spacial score (nSPS) is 22.3. The zero-order valence-electron chi connectivity index (χ0n) is 11.3. The van der Waals surface area contributed by atoms with Crippen LogP contribution in [-0.2, 0) is 11.3 Å². The number of methoxy groups -OCH3 is 1. The van der Waals surface area contributed by atoms with Crippen LogP contribution in [0.3, 0.4) is 0 Å². The van der Waals surface area contributed by atoms with Gasteiger partial charge < -0.3 is 20.1 Å². The molecule has 0 aliphatic carbocycles. The van der Waals surface area contributed by atoms with Crippen molar-refractivity contribution in [3.05, 3.63) is 29.8 Å². The highest BCUT2D eigenvalue weighted by Crippen LogP contribution is 2.19. The number of carbonyl (C=O) groups is 1. The van der Waals surface area contributed by atoms with E-state index in [9.17, 15) is 9.90 Å². The van der Waals surface area contributed by atoms with Gasteiger partial charge in [0.25, 0.3) is 0 Å². The van der Waals surface area contributed by atoms with Gasteiger partial charge in [-0.25, -0.2) is 0 Å². The van der Waals surface area contributed by atoms with Crippen molar-refractivity contribution in [3.8, 4) is 5.75 Å². The fraction of sp³-hybridized carbons (Fsp3) is 0.500. The molecule has 1 heterocycles. The Bertz CT molecular complexity index is 450. The second-order valence-corrected chi connectivity index (χ2v) is 4.86. The molecule has 0 saturated carbocycles. The van der Waals surface area contributed by atoms with Crippen LogP contribution in [-0.4, -0.2) is 48.8 Å². The van der Waals surface area contributed by atoms with E-state index in [1.165, 1.54) is 0 Å². The van der Waals surface area contributed by atoms with Gasteiger partial charge in [0, 0.05) is 25.7 Å². The highest BCUT2D eigenvalue weighted by molar-refractivity contribution is 5.82. The average molecular weight is 264 g/mol. The average Bonchev–Trinajstić information content (AvgIpc) is 2.85. The van der Waals surface area contributed by atoms with Crippen LogP contribution in [0.15, 0.2) is 24.3 Å². The lowest BCUT2D eigenvalue weighted by atomic mass is 10.1. The number of carbonyl (C=O) groups excluding carboxylic acids is 1. The Morgan fingerprint density at radius 3 is 2.89 bits per heavy atom. The molecule has 1 amide bonds. The number of ether oxygens (including phenoxy) is 1. The molecule has 2 rings (SSSR count). The molecule has 19 heavy (non-hydrogen) atoms. The maximum absolute atomic E-state index is 12.2. The summed E-state index contributed by atoms with van der Waals surface area (Å²) in [5.74, 6) is 0.782. The molecule has 0 aromatic heterocycles. The lowest BCUT2D eigenvalue weighted by Gasteiger charge is -2.22. The van der Waals surface area contributed by atoms with Crippen LogP contribution in [0.4, 0.5) is 0 Å². The van der Waals surface area contributed by atoms with Gasteiger partial charge >= 0.3 is 0 Å². The van der Waals surface area contributed by atoms with Crippen molar-refractivity contribution in [1.82, 2.24) is 10.2 Å². The Morgan fingerprint density at radius 2 is 2.26 bits per heavy atom. The zero-order valence-corrected chi connectivity index (χ0v) is 11.3. The largest absolute Gasteiger partial charge is 0.496 e. The van der Waals surface area contributed by atoms with E-state index in [2.05, 4.69) is 5.32 Å². The summed E-state index contributed by atoms with van der Waals surface area (Å²) < 4.78 is 5.27. The van der Waals surface area contributed by atoms with Crippen molar-refractivity contribution in [2.45, 2.75) is 25.1 Å². The van der Waals surface area contributed by atoms with E-state index in [1.807, 2.05) is 24.3 Å². The molecule has 5 nitrogen and oxygen atoms in total. The van der Waals surface area contributed by atoms with Gasteiger partial charge in [-0.2, -0.15) is 0 Å². The minimum absolute atomic E-state index is 0.00227. The molecule has 0 bridgehead atoms. The summed E-state index contributed by atoms with van der Waals surface area (Å²) in [6.07, 6.45) is 0.0587. The first kappa shape index (κ1) is 13.8. The second kappa shape index (κ2) is 6.04. The number of β-amino-alcohol motifs (C(OH)–C–C–N with tert-alkyl or cyclic N) is 1. The fourth-order valence-electron chi connectivity index (χ4n) is 2.34. The Kier molecular flexibility index (Phi) is 4.39. The van der Waals surface area contributed by atoms with E-state index in [0.29, 0.717) is 19.5 Å². The van der Waals surface area contributed by atoms with Crippen LogP contribution in [0.1, 0.15) is 12.0 Å². The number of aliphatic hydroxyl groups is 1. The number of hydrogen-bond donors (Lipinski definition) is 2. The topological polar surface area (TPSA) is 61.8 Å². The van der Waals surface area contributed by atoms with Gasteiger partial charge in [0.15, 0.2) is 0 Å². The maximum atomic E-state index is 12.2. The summed E-state index contributed by atoms with van der Waals surface area (Å²) in [7, 11) is 3.39. The molecular weight excluding hydrogens is 244 g/mol. The van der Waals surface area contributed by atoms with Crippen molar-refractivity contribution >= 4 is 5.91 Å². The number of amides is 1. The molecule has 1 aliphatic heterocycles. The standard InChI is InChI=1S/C14H20N2O3/c1-16(14(18)12-7-11(17)8-15-12)9-10-5-3-4-6-13(10)19-2/h3-6,11-12,15,17H,7-9H2,1-2H3/t11-,12-/m0/s1. The van der Waals surface area contributed by atoms with Gasteiger partial charge in [0.2, 0.25) is 5.91 Å². The molecule has 1 aliphatic rings. The van der Waals surface area contributed by atoms with Gasteiger partial charge in [-0.15, -0.1) is 0 Å². The van der Waals surface area contributed by atoms with Crippen LogP contribution in [0.25, 0.3) is 0 Å². The number of rotatable bonds is 4. The van der Waals surface area contributed by atoms with Crippen LogP contribution in [0, 0.1) is 0 Å². The Morgan fingerprint density at radius 1 is 1.53 bits per heavy atom. The Hall–Kier alpha value is -1.59. The van der Waals surface area contributed by atoms with Crippen molar-refractivity contribution < 1.29 is 14.6 Å². The van der Waals surface area contributed by atoms with Crippen LogP contribution < -0.4 is 10.1 Å². The molecule has 5 heteroatoms. The number of benzene rings is 1. The first-order valence-corrected chi connectivity index (χ1v) is 6.40. The molecular formula is C14H20N2O3. The quantitative estimate of drug-likeness (QED) is 0.825. The van der Waals surface area contributed by atoms with Crippen LogP contribution >= 0.6 is 0 Å². The third kappa shape index (κ3) is 3.24. The van der Waals surface area contributed by atoms with Crippen LogP contribution in [0.2, 0.25) is 0 Å². The predicted molar refractivity (Wildman–Crippen MR) is 71.9 cm³/mol. The number of likely N-dealkylation sites (N-methyl/N-ethyl adjacent to an activating group) is 1. The summed E-state index contributed by atoms with van der Waals surface area (Å²) >= 11 is 0. The number of hydrogen-bond acceptors (Lipinski definition) is 4. The summed E-state index contributed by atoms with van der Waals surface area (Å²) in [6, 6.07) is 7.37. The lowest BCUT2D eigenvalue weighted by molar-refractivity contribution is -0.132. The van der Waals surface area contributed by atoms with Gasteiger partial charge in [-0.05, 0) is 12.5 Å². The Labute approximate surface area is 113 Å². The van der Waals surface area contributed by atoms with Gasteiger partial charge in [-0.3, -0.25) is 4.79 Å². The molecule has 0 unspecified atom stereocenters. The maximum Gasteiger partial charge on any atom is 0.239 e. The molecule has 1 aromatic rings. The lowest BCUT2D eigenvalue weighted by Crippen LogP contribution is -2.41. The zero-order chi connectivity index (χ0) is 13.8. The SMILES string of the molecule is COc1ccccc1CN(C)C(=O)[C@@H]1C[C@H](O)CN1. The van der Waals surface area contributed by atoms with Gasteiger partial charge in [0.05, 0.1) is 19.3 Å². The number of aliphatic hydroxyl groups excluding tert-OH is 1. The van der Waals surface area contributed by atoms with E-state index >= 15 is 0 Å². The summed E-state index contributed by atoms with van der Waals surface area (Å²) in [5.41, 5.74) is 0.972. The third-order valence-corrected chi connectivity index (χ3v) is 3.38. The highest BCUT2D eigenvalue weighted by atomic mass is 16.5. The molecule has 104 valence electrons. The first-order chi connectivity index (χ1) is 9.11.